The van der Waals surface area contributed by atoms with Crippen molar-refractivity contribution >= 4 is 5.97 Å². The molecule has 1 heterocycles. The zero-order chi connectivity index (χ0) is 10.9. The summed E-state index contributed by atoms with van der Waals surface area (Å²) in [7, 11) is 0. The van der Waals surface area contributed by atoms with E-state index in [2.05, 4.69) is 0 Å². The summed E-state index contributed by atoms with van der Waals surface area (Å²) in [6.45, 7) is 5.70. The molecule has 0 atom stereocenters. The maximum Gasteiger partial charge on any atom is 0.356 e. The lowest BCUT2D eigenvalue weighted by atomic mass is 10.0. The Morgan fingerprint density at radius 1 is 1.57 bits per heavy atom. The van der Waals surface area contributed by atoms with Gasteiger partial charge in [0.1, 0.15) is 0 Å². The van der Waals surface area contributed by atoms with E-state index in [-0.39, 0.29) is 5.69 Å². The van der Waals surface area contributed by atoms with Gasteiger partial charge in [0, 0.05) is 0 Å². The van der Waals surface area contributed by atoms with Crippen LogP contribution in [0.1, 0.15) is 35.6 Å². The fourth-order valence-electron chi connectivity index (χ4n) is 1.52. The number of hydrogen-bond acceptors (Lipinski definition) is 2. The second-order valence-electron chi connectivity index (χ2n) is 3.87. The van der Waals surface area contributed by atoms with Gasteiger partial charge in [-0.25, -0.2) is 4.79 Å². The smallest absolute Gasteiger partial charge is 0.356 e. The van der Waals surface area contributed by atoms with Crippen molar-refractivity contribution in [1.82, 2.24) is 4.73 Å². The molecule has 0 saturated carbocycles. The average molecular weight is 197 g/mol. The summed E-state index contributed by atoms with van der Waals surface area (Å²) >= 11 is 0. The topological polar surface area (TPSA) is 62.5 Å². The molecule has 4 heteroatoms. The molecule has 0 aliphatic carbocycles. The first-order valence-electron chi connectivity index (χ1n) is 4.57. The van der Waals surface area contributed by atoms with E-state index in [1.807, 2.05) is 13.8 Å². The highest BCUT2D eigenvalue weighted by Gasteiger charge is 2.19. The molecular weight excluding hydrogens is 182 g/mol. The zero-order valence-corrected chi connectivity index (χ0v) is 8.61. The first-order valence-corrected chi connectivity index (χ1v) is 4.57. The van der Waals surface area contributed by atoms with Gasteiger partial charge in [-0.1, -0.05) is 13.8 Å². The summed E-state index contributed by atoms with van der Waals surface area (Å²) in [5.41, 5.74) is 1.22. The predicted octanol–water partition coefficient (Wildman–Crippen LogP) is 1.93. The fourth-order valence-corrected chi connectivity index (χ4v) is 1.52. The first-order chi connectivity index (χ1) is 6.43. The Morgan fingerprint density at radius 2 is 2.14 bits per heavy atom. The minimum Gasteiger partial charge on any atom is -0.476 e. The highest BCUT2D eigenvalue weighted by Crippen LogP contribution is 2.17. The summed E-state index contributed by atoms with van der Waals surface area (Å²) < 4.78 is 0.736. The second-order valence-corrected chi connectivity index (χ2v) is 3.87. The van der Waals surface area contributed by atoms with Gasteiger partial charge in [0.2, 0.25) is 0 Å². The van der Waals surface area contributed by atoms with Gasteiger partial charge in [0.25, 0.3) is 0 Å². The van der Waals surface area contributed by atoms with Gasteiger partial charge in [-0.15, -0.1) is 0 Å². The number of nitrogens with zero attached hydrogens (tertiary/aromatic N) is 1. The average Bonchev–Trinajstić information content (AvgIpc) is 2.26. The van der Waals surface area contributed by atoms with Crippen molar-refractivity contribution in [3.05, 3.63) is 23.0 Å². The van der Waals surface area contributed by atoms with Crippen LogP contribution in [-0.2, 0) is 6.42 Å². The van der Waals surface area contributed by atoms with Crippen LogP contribution < -0.4 is 0 Å². The molecule has 0 amide bonds. The van der Waals surface area contributed by atoms with Crippen LogP contribution in [-0.4, -0.2) is 21.0 Å². The number of carbonyl (C=O) groups is 1. The van der Waals surface area contributed by atoms with Crippen LogP contribution in [0.2, 0.25) is 0 Å². The summed E-state index contributed by atoms with van der Waals surface area (Å²) in [4.78, 5) is 10.9. The Hall–Kier alpha value is -1.45. The molecule has 0 fully saturated rings. The third-order valence-electron chi connectivity index (χ3n) is 2.06. The highest BCUT2D eigenvalue weighted by molar-refractivity contribution is 5.87. The van der Waals surface area contributed by atoms with Crippen molar-refractivity contribution in [2.24, 2.45) is 5.92 Å². The van der Waals surface area contributed by atoms with Gasteiger partial charge in [-0.2, -0.15) is 4.73 Å². The molecule has 1 rings (SSSR count). The van der Waals surface area contributed by atoms with Gasteiger partial charge >= 0.3 is 5.97 Å². The third-order valence-corrected chi connectivity index (χ3v) is 2.06. The summed E-state index contributed by atoms with van der Waals surface area (Å²) in [5.74, 6) is -0.717. The number of aromatic nitrogens is 1. The van der Waals surface area contributed by atoms with Crippen LogP contribution in [0.4, 0.5) is 0 Å². The minimum atomic E-state index is -1.09. The molecule has 0 aliphatic heterocycles. The standard InChI is InChI=1S/C10H15NO3/c1-6(2)4-8-5-7(3)11(14)9(8)10(12)13/h5-6,14H,4H2,1-3H3,(H,12,13). The molecule has 1 aromatic rings. The Morgan fingerprint density at radius 3 is 2.57 bits per heavy atom. The molecular formula is C10H15NO3. The molecule has 1 aromatic heterocycles. The lowest BCUT2D eigenvalue weighted by Gasteiger charge is -2.04. The predicted molar refractivity (Wildman–Crippen MR) is 51.9 cm³/mol. The van der Waals surface area contributed by atoms with Crippen molar-refractivity contribution in [3.8, 4) is 0 Å². The van der Waals surface area contributed by atoms with E-state index in [1.165, 1.54) is 0 Å². The van der Waals surface area contributed by atoms with Crippen molar-refractivity contribution in [2.75, 3.05) is 0 Å². The van der Waals surface area contributed by atoms with Gasteiger partial charge < -0.3 is 10.3 Å². The molecule has 4 nitrogen and oxygen atoms in total. The highest BCUT2D eigenvalue weighted by atomic mass is 16.5. The Labute approximate surface area is 82.7 Å². The van der Waals surface area contributed by atoms with Crippen molar-refractivity contribution in [1.29, 1.82) is 0 Å². The van der Waals surface area contributed by atoms with Gasteiger partial charge in [0.15, 0.2) is 5.69 Å². The molecule has 0 radical (unpaired) electrons. The maximum atomic E-state index is 10.9. The number of carboxylic acid groups (broad SMARTS) is 1. The van der Waals surface area contributed by atoms with Crippen molar-refractivity contribution < 1.29 is 15.1 Å². The molecule has 0 aromatic carbocycles. The Bertz CT molecular complexity index is 352. The molecule has 14 heavy (non-hydrogen) atoms. The Balaban J connectivity index is 3.15. The lowest BCUT2D eigenvalue weighted by Crippen LogP contribution is -2.10. The van der Waals surface area contributed by atoms with Crippen LogP contribution in [0.15, 0.2) is 6.07 Å². The van der Waals surface area contributed by atoms with Crippen LogP contribution in [0.3, 0.4) is 0 Å². The van der Waals surface area contributed by atoms with E-state index < -0.39 is 5.97 Å². The monoisotopic (exact) mass is 197 g/mol. The molecule has 0 unspecified atom stereocenters. The normalized spacial score (nSPS) is 10.9. The van der Waals surface area contributed by atoms with Crippen LogP contribution in [0.5, 0.6) is 0 Å². The van der Waals surface area contributed by atoms with Crippen LogP contribution >= 0.6 is 0 Å². The van der Waals surface area contributed by atoms with Gasteiger partial charge in [0.05, 0.1) is 5.69 Å². The SMILES string of the molecule is Cc1cc(CC(C)C)c(C(=O)O)n1O. The second kappa shape index (κ2) is 3.74. The van der Waals surface area contributed by atoms with Crippen LogP contribution in [0.25, 0.3) is 0 Å². The summed E-state index contributed by atoms with van der Waals surface area (Å²) in [6.07, 6.45) is 0.663. The van der Waals surface area contributed by atoms with Crippen LogP contribution in [0, 0.1) is 12.8 Å². The number of rotatable bonds is 3. The molecule has 0 saturated heterocycles. The van der Waals surface area contributed by atoms with E-state index in [0.29, 0.717) is 23.6 Å². The fraction of sp³-hybridized carbons (Fsp3) is 0.500. The molecule has 2 N–H and O–H groups in total. The minimum absolute atomic E-state index is 0.0174. The lowest BCUT2D eigenvalue weighted by molar-refractivity contribution is 0.0639. The van der Waals surface area contributed by atoms with E-state index in [9.17, 15) is 10.0 Å². The number of aryl methyl sites for hydroxylation is 1. The number of hydrogen-bond donors (Lipinski definition) is 2. The largest absolute Gasteiger partial charge is 0.476 e. The Kier molecular flexibility index (Phi) is 2.84. The molecule has 78 valence electrons. The summed E-state index contributed by atoms with van der Waals surface area (Å²) in [6, 6.07) is 1.71. The van der Waals surface area contributed by atoms with Gasteiger partial charge in [-0.3, -0.25) is 0 Å². The zero-order valence-electron chi connectivity index (χ0n) is 8.61. The van der Waals surface area contributed by atoms with E-state index in [1.54, 1.807) is 13.0 Å². The molecule has 0 spiro atoms. The molecule has 0 aliphatic rings. The quantitative estimate of drug-likeness (QED) is 0.728. The first kappa shape index (κ1) is 10.6. The van der Waals surface area contributed by atoms with E-state index >= 15 is 0 Å². The third kappa shape index (κ3) is 1.89. The molecule has 0 bridgehead atoms. The van der Waals surface area contributed by atoms with E-state index in [4.69, 9.17) is 5.11 Å². The van der Waals surface area contributed by atoms with E-state index in [0.717, 1.165) is 4.73 Å². The van der Waals surface area contributed by atoms with Crippen molar-refractivity contribution in [3.63, 3.8) is 0 Å². The van der Waals surface area contributed by atoms with Crippen molar-refractivity contribution in [2.45, 2.75) is 27.2 Å². The number of aromatic carboxylic acids is 1. The summed E-state index contributed by atoms with van der Waals surface area (Å²) in [5, 5.41) is 18.3. The van der Waals surface area contributed by atoms with Gasteiger partial charge in [-0.05, 0) is 30.9 Å². The number of carboxylic acids is 1. The maximum absolute atomic E-state index is 10.9.